The molecular formula is C14H16F3N3O. The summed E-state index contributed by atoms with van der Waals surface area (Å²) < 4.78 is 42.5. The highest BCUT2D eigenvalue weighted by Gasteiger charge is 2.31. The Morgan fingerprint density at radius 3 is 2.67 bits per heavy atom. The molecule has 1 N–H and O–H groups in total. The first-order valence-electron chi connectivity index (χ1n) is 6.47. The highest BCUT2D eigenvalue weighted by Crippen LogP contribution is 2.25. The zero-order valence-corrected chi connectivity index (χ0v) is 11.5. The summed E-state index contributed by atoms with van der Waals surface area (Å²) in [6.45, 7) is 0.927. The number of aryl methyl sites for hydroxylation is 1. The second-order valence-corrected chi connectivity index (χ2v) is 4.56. The number of hydrogen-bond acceptors (Lipinski definition) is 3. The SMILES string of the molecule is Cn1ccc(CCNCc2ccccc2OC(F)(F)F)n1. The van der Waals surface area contributed by atoms with Crippen LogP contribution in [0, 0.1) is 0 Å². The largest absolute Gasteiger partial charge is 0.573 e. The predicted molar refractivity (Wildman–Crippen MR) is 71.7 cm³/mol. The number of nitrogens with one attached hydrogen (secondary N) is 1. The number of nitrogens with zero attached hydrogens (tertiary/aromatic N) is 2. The van der Waals surface area contributed by atoms with E-state index < -0.39 is 6.36 Å². The van der Waals surface area contributed by atoms with E-state index >= 15 is 0 Å². The lowest BCUT2D eigenvalue weighted by Crippen LogP contribution is -2.21. The molecule has 21 heavy (non-hydrogen) atoms. The highest BCUT2D eigenvalue weighted by atomic mass is 19.4. The van der Waals surface area contributed by atoms with Gasteiger partial charge in [-0.3, -0.25) is 4.68 Å². The molecule has 2 aromatic rings. The van der Waals surface area contributed by atoms with Gasteiger partial charge in [-0.1, -0.05) is 18.2 Å². The smallest absolute Gasteiger partial charge is 0.405 e. The fraction of sp³-hybridized carbons (Fsp3) is 0.357. The van der Waals surface area contributed by atoms with Crippen LogP contribution in [0.2, 0.25) is 0 Å². The van der Waals surface area contributed by atoms with Crippen LogP contribution in [-0.4, -0.2) is 22.7 Å². The molecule has 0 aliphatic rings. The zero-order valence-electron chi connectivity index (χ0n) is 11.5. The Morgan fingerprint density at radius 2 is 2.00 bits per heavy atom. The van der Waals surface area contributed by atoms with Gasteiger partial charge in [0, 0.05) is 38.3 Å². The molecule has 1 aromatic carbocycles. The summed E-state index contributed by atoms with van der Waals surface area (Å²) in [4.78, 5) is 0. The number of ether oxygens (including phenoxy) is 1. The van der Waals surface area contributed by atoms with Crippen molar-refractivity contribution in [3.05, 3.63) is 47.8 Å². The molecule has 2 rings (SSSR count). The van der Waals surface area contributed by atoms with Gasteiger partial charge in [0.2, 0.25) is 0 Å². The number of rotatable bonds is 6. The molecule has 0 amide bonds. The van der Waals surface area contributed by atoms with Crippen molar-refractivity contribution in [3.63, 3.8) is 0 Å². The minimum absolute atomic E-state index is 0.171. The van der Waals surface area contributed by atoms with Crippen molar-refractivity contribution in [2.75, 3.05) is 6.54 Å². The fourth-order valence-electron chi connectivity index (χ4n) is 1.91. The van der Waals surface area contributed by atoms with Crippen LogP contribution in [-0.2, 0) is 20.0 Å². The minimum atomic E-state index is -4.68. The van der Waals surface area contributed by atoms with Gasteiger partial charge < -0.3 is 10.1 Å². The van der Waals surface area contributed by atoms with Gasteiger partial charge in [0.25, 0.3) is 0 Å². The molecule has 1 heterocycles. The Bertz CT molecular complexity index is 581. The van der Waals surface area contributed by atoms with Crippen molar-refractivity contribution in [2.45, 2.75) is 19.3 Å². The van der Waals surface area contributed by atoms with E-state index in [4.69, 9.17) is 0 Å². The lowest BCUT2D eigenvalue weighted by Gasteiger charge is -2.13. The summed E-state index contributed by atoms with van der Waals surface area (Å²) in [5.74, 6) is -0.171. The van der Waals surface area contributed by atoms with E-state index in [1.807, 2.05) is 19.3 Å². The van der Waals surface area contributed by atoms with Crippen molar-refractivity contribution in [1.29, 1.82) is 0 Å². The van der Waals surface area contributed by atoms with Crippen LogP contribution in [0.15, 0.2) is 36.5 Å². The Balaban J connectivity index is 1.85. The van der Waals surface area contributed by atoms with Crippen molar-refractivity contribution in [1.82, 2.24) is 15.1 Å². The third-order valence-electron chi connectivity index (χ3n) is 2.84. The maximum atomic E-state index is 12.3. The van der Waals surface area contributed by atoms with Crippen molar-refractivity contribution in [2.24, 2.45) is 7.05 Å². The number of halogens is 3. The van der Waals surface area contributed by atoms with Gasteiger partial charge in [-0.05, 0) is 12.1 Å². The number of para-hydroxylation sites is 1. The number of alkyl halides is 3. The maximum Gasteiger partial charge on any atom is 0.573 e. The molecule has 1 aromatic heterocycles. The molecule has 0 aliphatic heterocycles. The normalized spacial score (nSPS) is 11.6. The third-order valence-corrected chi connectivity index (χ3v) is 2.84. The van der Waals surface area contributed by atoms with Gasteiger partial charge in [-0.15, -0.1) is 13.2 Å². The van der Waals surface area contributed by atoms with Crippen molar-refractivity contribution < 1.29 is 17.9 Å². The predicted octanol–water partition coefficient (Wildman–Crippen LogP) is 2.65. The van der Waals surface area contributed by atoms with E-state index in [9.17, 15) is 13.2 Å². The Hall–Kier alpha value is -2.02. The lowest BCUT2D eigenvalue weighted by atomic mass is 10.2. The molecule has 0 spiro atoms. The second kappa shape index (κ2) is 6.62. The molecular weight excluding hydrogens is 283 g/mol. The van der Waals surface area contributed by atoms with Gasteiger partial charge >= 0.3 is 6.36 Å². The zero-order chi connectivity index (χ0) is 15.3. The average Bonchev–Trinajstić information content (AvgIpc) is 2.80. The molecule has 7 heteroatoms. The van der Waals surface area contributed by atoms with Crippen LogP contribution in [0.1, 0.15) is 11.3 Å². The highest BCUT2D eigenvalue weighted by molar-refractivity contribution is 5.33. The first-order chi connectivity index (χ1) is 9.94. The van der Waals surface area contributed by atoms with Gasteiger partial charge in [0.1, 0.15) is 5.75 Å². The number of benzene rings is 1. The monoisotopic (exact) mass is 299 g/mol. The molecule has 0 unspecified atom stereocenters. The molecule has 0 saturated carbocycles. The topological polar surface area (TPSA) is 39.1 Å². The Labute approximate surface area is 120 Å². The maximum absolute atomic E-state index is 12.3. The molecule has 114 valence electrons. The van der Waals surface area contributed by atoms with Crippen LogP contribution in [0.5, 0.6) is 5.75 Å². The van der Waals surface area contributed by atoms with E-state index in [-0.39, 0.29) is 5.75 Å². The van der Waals surface area contributed by atoms with Gasteiger partial charge in [0.05, 0.1) is 5.69 Å². The molecule has 0 bridgehead atoms. The second-order valence-electron chi connectivity index (χ2n) is 4.56. The standard InChI is InChI=1S/C14H16F3N3O/c1-20-9-7-12(19-20)6-8-18-10-11-4-2-3-5-13(11)21-14(15,16)17/h2-5,7,9,18H,6,8,10H2,1H3. The summed E-state index contributed by atoms with van der Waals surface area (Å²) in [5.41, 5.74) is 1.40. The van der Waals surface area contributed by atoms with Crippen molar-refractivity contribution in [3.8, 4) is 5.75 Å². The molecule has 0 saturated heterocycles. The molecule has 0 radical (unpaired) electrons. The first kappa shape index (κ1) is 15.4. The van der Waals surface area contributed by atoms with Crippen LogP contribution in [0.25, 0.3) is 0 Å². The van der Waals surface area contributed by atoms with E-state index in [2.05, 4.69) is 15.2 Å². The average molecular weight is 299 g/mol. The molecule has 0 aliphatic carbocycles. The summed E-state index contributed by atoms with van der Waals surface area (Å²) >= 11 is 0. The molecule has 0 fully saturated rings. The van der Waals surface area contributed by atoms with Crippen LogP contribution in [0.4, 0.5) is 13.2 Å². The Kier molecular flexibility index (Phi) is 4.85. The van der Waals surface area contributed by atoms with E-state index in [0.717, 1.165) is 5.69 Å². The van der Waals surface area contributed by atoms with Crippen molar-refractivity contribution >= 4 is 0 Å². The number of hydrogen-bond donors (Lipinski definition) is 1. The van der Waals surface area contributed by atoms with E-state index in [1.165, 1.54) is 12.1 Å². The molecule has 0 atom stereocenters. The summed E-state index contributed by atoms with van der Waals surface area (Å²) in [6, 6.07) is 8.01. The van der Waals surface area contributed by atoms with E-state index in [1.54, 1.807) is 16.8 Å². The Morgan fingerprint density at radius 1 is 1.24 bits per heavy atom. The minimum Gasteiger partial charge on any atom is -0.405 e. The quantitative estimate of drug-likeness (QED) is 0.834. The van der Waals surface area contributed by atoms with Gasteiger partial charge in [-0.2, -0.15) is 5.10 Å². The summed E-state index contributed by atoms with van der Waals surface area (Å²) in [5, 5.41) is 7.31. The lowest BCUT2D eigenvalue weighted by molar-refractivity contribution is -0.274. The van der Waals surface area contributed by atoms with Crippen LogP contribution in [0.3, 0.4) is 0 Å². The third kappa shape index (κ3) is 5.11. The summed E-state index contributed by atoms with van der Waals surface area (Å²) in [7, 11) is 1.83. The van der Waals surface area contributed by atoms with Gasteiger partial charge in [0.15, 0.2) is 0 Å². The summed E-state index contributed by atoms with van der Waals surface area (Å²) in [6.07, 6.45) is -2.12. The van der Waals surface area contributed by atoms with E-state index in [0.29, 0.717) is 25.1 Å². The number of aromatic nitrogens is 2. The fourth-order valence-corrected chi connectivity index (χ4v) is 1.91. The van der Waals surface area contributed by atoms with Crippen LogP contribution < -0.4 is 10.1 Å². The first-order valence-corrected chi connectivity index (χ1v) is 6.47. The molecule has 4 nitrogen and oxygen atoms in total. The van der Waals surface area contributed by atoms with Crippen LogP contribution >= 0.6 is 0 Å². The van der Waals surface area contributed by atoms with Gasteiger partial charge in [-0.25, -0.2) is 0 Å².